The van der Waals surface area contributed by atoms with Crippen molar-refractivity contribution >= 4 is 28.7 Å². The molecular weight excluding hydrogens is 427 g/mol. The Morgan fingerprint density at radius 3 is 2.65 bits per heavy atom. The van der Waals surface area contributed by atoms with E-state index < -0.39 is 17.5 Å². The number of fused-ring (bicyclic) bond motifs is 1. The van der Waals surface area contributed by atoms with Crippen LogP contribution < -0.4 is 10.0 Å². The van der Waals surface area contributed by atoms with E-state index in [1.54, 1.807) is 11.9 Å². The number of rotatable bonds is 3. The molecule has 0 spiro atoms. The van der Waals surface area contributed by atoms with E-state index in [9.17, 15) is 13.2 Å². The van der Waals surface area contributed by atoms with Gasteiger partial charge in [0.25, 0.3) is 0 Å². The van der Waals surface area contributed by atoms with E-state index in [1.807, 2.05) is 6.92 Å². The molecule has 1 aromatic carbocycles. The quantitative estimate of drug-likeness (QED) is 0.598. The molecule has 7 nitrogen and oxygen atoms in total. The minimum atomic E-state index is -1.00. The van der Waals surface area contributed by atoms with Crippen LogP contribution in [0.2, 0.25) is 0 Å². The summed E-state index contributed by atoms with van der Waals surface area (Å²) in [6, 6.07) is 4.85. The number of nitrogens with one attached hydrogen (secondary N) is 2. The number of benzene rings is 1. The molecule has 1 fully saturated rings. The average Bonchev–Trinajstić information content (AvgIpc) is 3.36. The van der Waals surface area contributed by atoms with Crippen LogP contribution in [-0.4, -0.2) is 50.0 Å². The zero-order valence-corrected chi connectivity index (χ0v) is 17.5. The number of amidine groups is 1. The van der Waals surface area contributed by atoms with E-state index in [-0.39, 0.29) is 12.2 Å². The fraction of sp³-hybridized carbons (Fsp3) is 0.350. The number of aliphatic imine (C=N–C) groups is 1. The smallest absolute Gasteiger partial charge is 0.243 e. The summed E-state index contributed by atoms with van der Waals surface area (Å²) in [6.45, 7) is 3.74. The van der Waals surface area contributed by atoms with Gasteiger partial charge in [0, 0.05) is 24.7 Å². The SMILES string of the molecule is CC1N=C(N2CCC(Nc3nc4c(-c5ccc(F)c(F)c5)cc(F)cn4n3)CC2)SN1. The number of piperidine rings is 1. The third kappa shape index (κ3) is 4.07. The summed E-state index contributed by atoms with van der Waals surface area (Å²) in [7, 11) is 0. The van der Waals surface area contributed by atoms with Gasteiger partial charge in [-0.25, -0.2) is 27.4 Å². The van der Waals surface area contributed by atoms with E-state index in [4.69, 9.17) is 0 Å². The Labute approximate surface area is 180 Å². The lowest BCUT2D eigenvalue weighted by molar-refractivity contribution is 0.328. The third-order valence-electron chi connectivity index (χ3n) is 5.35. The van der Waals surface area contributed by atoms with Crippen LogP contribution in [0, 0.1) is 17.5 Å². The standard InChI is InChI=1S/C20H20F3N7S/c1-11-24-20(31-28-11)29-6-4-14(5-7-29)25-19-26-18-15(9-13(21)10-30(18)27-19)12-2-3-16(22)17(23)8-12/h2-3,8-11,14,28H,4-7H2,1H3,(H,25,27). The second kappa shape index (κ2) is 8.04. The summed E-state index contributed by atoms with van der Waals surface area (Å²) < 4.78 is 45.7. The first-order valence-corrected chi connectivity index (χ1v) is 10.8. The summed E-state index contributed by atoms with van der Waals surface area (Å²) in [6.07, 6.45) is 3.10. The second-order valence-corrected chi connectivity index (χ2v) is 8.42. The zero-order chi connectivity index (χ0) is 21.5. The summed E-state index contributed by atoms with van der Waals surface area (Å²) >= 11 is 1.56. The summed E-state index contributed by atoms with van der Waals surface area (Å²) in [5.74, 6) is -2.14. The van der Waals surface area contributed by atoms with Crippen molar-refractivity contribution < 1.29 is 13.2 Å². The molecule has 2 aliphatic rings. The average molecular weight is 447 g/mol. The minimum absolute atomic E-state index is 0.127. The highest BCUT2D eigenvalue weighted by atomic mass is 32.2. The molecule has 11 heteroatoms. The van der Waals surface area contributed by atoms with Crippen molar-refractivity contribution in [1.29, 1.82) is 0 Å². The van der Waals surface area contributed by atoms with Gasteiger partial charge in [0.15, 0.2) is 22.4 Å². The molecular formula is C20H20F3N7S. The molecule has 2 N–H and O–H groups in total. The van der Waals surface area contributed by atoms with Crippen molar-refractivity contribution in [3.8, 4) is 11.1 Å². The predicted octanol–water partition coefficient (Wildman–Crippen LogP) is 3.64. The van der Waals surface area contributed by atoms with Gasteiger partial charge in [0.2, 0.25) is 5.95 Å². The van der Waals surface area contributed by atoms with Crippen LogP contribution in [0.1, 0.15) is 19.8 Å². The number of hydrogen-bond acceptors (Lipinski definition) is 7. The number of pyridine rings is 1. The van der Waals surface area contributed by atoms with Gasteiger partial charge in [-0.2, -0.15) is 4.98 Å². The first kappa shape index (κ1) is 20.1. The van der Waals surface area contributed by atoms with Crippen LogP contribution in [0.15, 0.2) is 35.5 Å². The van der Waals surface area contributed by atoms with Crippen molar-refractivity contribution in [1.82, 2.24) is 24.2 Å². The Balaban J connectivity index is 1.35. The third-order valence-corrected chi connectivity index (χ3v) is 6.36. The second-order valence-electron chi connectivity index (χ2n) is 7.62. The summed E-state index contributed by atoms with van der Waals surface area (Å²) in [5, 5.41) is 8.67. The number of aromatic nitrogens is 3. The Morgan fingerprint density at radius 2 is 1.94 bits per heavy atom. The Bertz CT molecular complexity index is 1160. The van der Waals surface area contributed by atoms with Crippen LogP contribution in [0.25, 0.3) is 16.8 Å². The molecule has 162 valence electrons. The Morgan fingerprint density at radius 1 is 1.13 bits per heavy atom. The molecule has 5 rings (SSSR count). The van der Waals surface area contributed by atoms with Crippen LogP contribution >= 0.6 is 11.9 Å². The topological polar surface area (TPSA) is 69.8 Å². The maximum absolute atomic E-state index is 14.1. The summed E-state index contributed by atoms with van der Waals surface area (Å²) in [5.41, 5.74) is 1.03. The van der Waals surface area contributed by atoms with E-state index in [2.05, 4.69) is 30.0 Å². The van der Waals surface area contributed by atoms with Gasteiger partial charge in [-0.1, -0.05) is 6.07 Å². The molecule has 2 aliphatic heterocycles. The van der Waals surface area contributed by atoms with Crippen molar-refractivity contribution in [2.75, 3.05) is 18.4 Å². The zero-order valence-electron chi connectivity index (χ0n) is 16.6. The van der Waals surface area contributed by atoms with Gasteiger partial charge in [0.05, 0.1) is 6.20 Å². The van der Waals surface area contributed by atoms with Crippen molar-refractivity contribution in [2.24, 2.45) is 4.99 Å². The van der Waals surface area contributed by atoms with Crippen molar-refractivity contribution in [2.45, 2.75) is 32.0 Å². The number of likely N-dealkylation sites (tertiary alicyclic amines) is 1. The highest BCUT2D eigenvalue weighted by Crippen LogP contribution is 2.27. The normalized spacial score (nSPS) is 19.8. The maximum atomic E-state index is 14.1. The lowest BCUT2D eigenvalue weighted by Crippen LogP contribution is -2.41. The number of nitrogens with zero attached hydrogens (tertiary/aromatic N) is 5. The highest BCUT2D eigenvalue weighted by molar-refractivity contribution is 8.12. The van der Waals surface area contributed by atoms with E-state index >= 15 is 0 Å². The molecule has 0 bridgehead atoms. The van der Waals surface area contributed by atoms with Gasteiger partial charge in [-0.3, -0.25) is 0 Å². The molecule has 0 radical (unpaired) electrons. The Hall–Kier alpha value is -2.79. The number of anilines is 1. The molecule has 2 aromatic heterocycles. The minimum Gasteiger partial charge on any atom is -0.350 e. The van der Waals surface area contributed by atoms with Crippen molar-refractivity contribution in [3.63, 3.8) is 0 Å². The lowest BCUT2D eigenvalue weighted by atomic mass is 10.1. The lowest BCUT2D eigenvalue weighted by Gasteiger charge is -2.32. The monoisotopic (exact) mass is 447 g/mol. The molecule has 1 unspecified atom stereocenters. The summed E-state index contributed by atoms with van der Waals surface area (Å²) in [4.78, 5) is 11.3. The largest absolute Gasteiger partial charge is 0.350 e. The van der Waals surface area contributed by atoms with E-state index in [0.29, 0.717) is 22.7 Å². The van der Waals surface area contributed by atoms with E-state index in [1.165, 1.54) is 22.8 Å². The molecule has 31 heavy (non-hydrogen) atoms. The maximum Gasteiger partial charge on any atom is 0.243 e. The van der Waals surface area contributed by atoms with Gasteiger partial charge >= 0.3 is 0 Å². The van der Waals surface area contributed by atoms with Crippen LogP contribution in [0.3, 0.4) is 0 Å². The Kier molecular flexibility index (Phi) is 5.22. The molecule has 1 saturated heterocycles. The molecule has 0 amide bonds. The highest BCUT2D eigenvalue weighted by Gasteiger charge is 2.26. The molecule has 3 aromatic rings. The van der Waals surface area contributed by atoms with E-state index in [0.717, 1.165) is 43.2 Å². The van der Waals surface area contributed by atoms with Crippen LogP contribution in [-0.2, 0) is 0 Å². The van der Waals surface area contributed by atoms with Gasteiger partial charge in [-0.15, -0.1) is 5.10 Å². The number of halogens is 3. The fourth-order valence-electron chi connectivity index (χ4n) is 3.79. The van der Waals surface area contributed by atoms with Crippen molar-refractivity contribution in [3.05, 3.63) is 47.9 Å². The first-order valence-electron chi connectivity index (χ1n) is 9.99. The molecule has 4 heterocycles. The molecule has 0 saturated carbocycles. The first-order chi connectivity index (χ1) is 15.0. The van der Waals surface area contributed by atoms with Crippen LogP contribution in [0.4, 0.5) is 19.1 Å². The molecule has 1 atom stereocenters. The fourth-order valence-corrected chi connectivity index (χ4v) is 4.64. The predicted molar refractivity (Wildman–Crippen MR) is 114 cm³/mol. The molecule has 0 aliphatic carbocycles. The van der Waals surface area contributed by atoms with Gasteiger partial charge < -0.3 is 10.2 Å². The van der Waals surface area contributed by atoms with Gasteiger partial charge in [0.1, 0.15) is 12.0 Å². The number of hydrogen-bond donors (Lipinski definition) is 2. The van der Waals surface area contributed by atoms with Gasteiger partial charge in [-0.05, 0) is 55.5 Å². The van der Waals surface area contributed by atoms with Crippen LogP contribution in [0.5, 0.6) is 0 Å².